The van der Waals surface area contributed by atoms with Crippen molar-refractivity contribution in [1.29, 1.82) is 0 Å². The van der Waals surface area contributed by atoms with E-state index in [1.54, 1.807) is 0 Å². The standard InChI is InChI=1S/C18H21N3O/c1-19-17-11-10-15(13-20-17)16-9-5-6-12-21(16)18(22)14-7-3-2-4-8-14/h2-4,7-8,10-11,13,16H,5-6,9,12H2,1H3,(H,19,20)/t16-/m1/s1. The van der Waals surface area contributed by atoms with Crippen molar-refractivity contribution in [2.75, 3.05) is 18.9 Å². The van der Waals surface area contributed by atoms with Crippen molar-refractivity contribution in [3.05, 3.63) is 59.8 Å². The zero-order valence-electron chi connectivity index (χ0n) is 12.8. The van der Waals surface area contributed by atoms with Crippen LogP contribution in [0.1, 0.15) is 41.2 Å². The Kier molecular flexibility index (Phi) is 4.37. The second-order valence-electron chi connectivity index (χ2n) is 5.60. The van der Waals surface area contributed by atoms with E-state index < -0.39 is 0 Å². The number of pyridine rings is 1. The van der Waals surface area contributed by atoms with Crippen LogP contribution in [0.2, 0.25) is 0 Å². The molecule has 4 heteroatoms. The maximum Gasteiger partial charge on any atom is 0.254 e. The summed E-state index contributed by atoms with van der Waals surface area (Å²) in [7, 11) is 1.86. The van der Waals surface area contributed by atoms with Crippen molar-refractivity contribution in [1.82, 2.24) is 9.88 Å². The number of nitrogens with zero attached hydrogens (tertiary/aromatic N) is 2. The van der Waals surface area contributed by atoms with Gasteiger partial charge < -0.3 is 10.2 Å². The molecular weight excluding hydrogens is 274 g/mol. The van der Waals surface area contributed by atoms with E-state index in [1.165, 1.54) is 0 Å². The first-order valence-corrected chi connectivity index (χ1v) is 7.79. The Morgan fingerprint density at radius 1 is 1.18 bits per heavy atom. The minimum absolute atomic E-state index is 0.114. The highest BCUT2D eigenvalue weighted by Gasteiger charge is 2.28. The average Bonchev–Trinajstić information content (AvgIpc) is 2.62. The van der Waals surface area contributed by atoms with Gasteiger partial charge >= 0.3 is 0 Å². The summed E-state index contributed by atoms with van der Waals surface area (Å²) in [4.78, 5) is 19.2. The van der Waals surface area contributed by atoms with Gasteiger partial charge in [0.2, 0.25) is 0 Å². The quantitative estimate of drug-likeness (QED) is 0.942. The van der Waals surface area contributed by atoms with Gasteiger partial charge in [-0.3, -0.25) is 4.79 Å². The van der Waals surface area contributed by atoms with Crippen molar-refractivity contribution >= 4 is 11.7 Å². The third kappa shape index (κ3) is 2.96. The lowest BCUT2D eigenvalue weighted by Crippen LogP contribution is -2.38. The Balaban J connectivity index is 1.86. The summed E-state index contributed by atoms with van der Waals surface area (Å²) in [6.45, 7) is 0.812. The molecule has 0 saturated carbocycles. The predicted octanol–water partition coefficient (Wildman–Crippen LogP) is 3.49. The summed E-state index contributed by atoms with van der Waals surface area (Å²) in [5, 5.41) is 3.03. The van der Waals surface area contributed by atoms with Crippen LogP contribution in [0, 0.1) is 0 Å². The molecule has 3 rings (SSSR count). The second-order valence-corrected chi connectivity index (χ2v) is 5.60. The van der Waals surface area contributed by atoms with E-state index in [-0.39, 0.29) is 11.9 Å². The molecule has 1 atom stereocenters. The van der Waals surface area contributed by atoms with E-state index in [9.17, 15) is 4.79 Å². The van der Waals surface area contributed by atoms with Crippen molar-refractivity contribution in [2.45, 2.75) is 25.3 Å². The largest absolute Gasteiger partial charge is 0.373 e. The maximum absolute atomic E-state index is 12.8. The maximum atomic E-state index is 12.8. The van der Waals surface area contributed by atoms with Crippen LogP contribution < -0.4 is 5.32 Å². The molecule has 22 heavy (non-hydrogen) atoms. The zero-order valence-corrected chi connectivity index (χ0v) is 12.8. The summed E-state index contributed by atoms with van der Waals surface area (Å²) in [6.07, 6.45) is 5.10. The normalized spacial score (nSPS) is 18.0. The molecule has 1 aliphatic rings. The summed E-state index contributed by atoms with van der Waals surface area (Å²) >= 11 is 0. The van der Waals surface area contributed by atoms with Crippen LogP contribution in [0.3, 0.4) is 0 Å². The molecule has 1 fully saturated rings. The number of piperidine rings is 1. The molecule has 1 aromatic heterocycles. The number of amides is 1. The summed E-state index contributed by atoms with van der Waals surface area (Å²) in [5.41, 5.74) is 1.87. The van der Waals surface area contributed by atoms with Crippen LogP contribution in [0.15, 0.2) is 48.7 Å². The van der Waals surface area contributed by atoms with E-state index in [1.807, 2.05) is 54.5 Å². The van der Waals surface area contributed by atoms with E-state index in [2.05, 4.69) is 16.4 Å². The van der Waals surface area contributed by atoms with Gasteiger partial charge in [-0.1, -0.05) is 24.3 Å². The Hall–Kier alpha value is -2.36. The number of carbonyl (C=O) groups excluding carboxylic acids is 1. The fraction of sp³-hybridized carbons (Fsp3) is 0.333. The highest BCUT2D eigenvalue weighted by Crippen LogP contribution is 2.32. The number of hydrogen-bond donors (Lipinski definition) is 1. The number of likely N-dealkylation sites (tertiary alicyclic amines) is 1. The molecule has 0 unspecified atom stereocenters. The van der Waals surface area contributed by atoms with Gasteiger partial charge in [0.05, 0.1) is 6.04 Å². The van der Waals surface area contributed by atoms with E-state index in [0.717, 1.165) is 42.8 Å². The highest BCUT2D eigenvalue weighted by atomic mass is 16.2. The minimum Gasteiger partial charge on any atom is -0.373 e. The Labute approximate surface area is 131 Å². The van der Waals surface area contributed by atoms with Gasteiger partial charge in [-0.25, -0.2) is 4.98 Å². The van der Waals surface area contributed by atoms with Gasteiger partial charge in [-0.2, -0.15) is 0 Å². The number of rotatable bonds is 3. The molecule has 2 aromatic rings. The third-order valence-corrected chi connectivity index (χ3v) is 4.21. The number of carbonyl (C=O) groups is 1. The van der Waals surface area contributed by atoms with Crippen LogP contribution in [0.4, 0.5) is 5.82 Å². The molecule has 0 radical (unpaired) electrons. The molecule has 1 amide bonds. The van der Waals surface area contributed by atoms with E-state index >= 15 is 0 Å². The molecule has 0 bridgehead atoms. The second kappa shape index (κ2) is 6.60. The van der Waals surface area contributed by atoms with Crippen molar-refractivity contribution in [2.24, 2.45) is 0 Å². The highest BCUT2D eigenvalue weighted by molar-refractivity contribution is 5.94. The van der Waals surface area contributed by atoms with Crippen LogP contribution in [-0.2, 0) is 0 Å². The van der Waals surface area contributed by atoms with Crippen LogP contribution >= 0.6 is 0 Å². The van der Waals surface area contributed by atoms with Crippen molar-refractivity contribution in [3.63, 3.8) is 0 Å². The monoisotopic (exact) mass is 295 g/mol. The molecule has 1 aromatic carbocycles. The van der Waals surface area contributed by atoms with E-state index in [0.29, 0.717) is 0 Å². The molecule has 1 aliphatic heterocycles. The van der Waals surface area contributed by atoms with Gasteiger partial charge in [0, 0.05) is 25.4 Å². The fourth-order valence-electron chi connectivity index (χ4n) is 3.02. The molecule has 1 N–H and O–H groups in total. The molecule has 0 spiro atoms. The summed E-state index contributed by atoms with van der Waals surface area (Å²) in [5.74, 6) is 0.962. The lowest BCUT2D eigenvalue weighted by molar-refractivity contribution is 0.0611. The Bertz CT molecular complexity index is 625. The van der Waals surface area contributed by atoms with Gasteiger partial charge in [0.15, 0.2) is 0 Å². The first kappa shape index (κ1) is 14.6. The lowest BCUT2D eigenvalue weighted by Gasteiger charge is -2.36. The molecule has 4 nitrogen and oxygen atoms in total. The molecule has 2 heterocycles. The summed E-state index contributed by atoms with van der Waals surface area (Å²) < 4.78 is 0. The van der Waals surface area contributed by atoms with Crippen molar-refractivity contribution < 1.29 is 4.79 Å². The Morgan fingerprint density at radius 3 is 2.68 bits per heavy atom. The molecule has 1 saturated heterocycles. The topological polar surface area (TPSA) is 45.2 Å². The molecular formula is C18H21N3O. The van der Waals surface area contributed by atoms with Gasteiger partial charge in [0.25, 0.3) is 5.91 Å². The minimum atomic E-state index is 0.114. The van der Waals surface area contributed by atoms with Crippen LogP contribution in [-0.4, -0.2) is 29.4 Å². The van der Waals surface area contributed by atoms with Gasteiger partial charge in [-0.05, 0) is 43.0 Å². The fourth-order valence-corrected chi connectivity index (χ4v) is 3.02. The number of anilines is 1. The van der Waals surface area contributed by atoms with E-state index in [4.69, 9.17) is 0 Å². The third-order valence-electron chi connectivity index (χ3n) is 4.21. The SMILES string of the molecule is CNc1ccc([C@H]2CCCCN2C(=O)c2ccccc2)cn1. The predicted molar refractivity (Wildman–Crippen MR) is 87.9 cm³/mol. The molecule has 0 aliphatic carbocycles. The average molecular weight is 295 g/mol. The summed E-state index contributed by atoms with van der Waals surface area (Å²) in [6, 6.07) is 13.7. The smallest absolute Gasteiger partial charge is 0.254 e. The number of hydrogen-bond acceptors (Lipinski definition) is 3. The van der Waals surface area contributed by atoms with Crippen molar-refractivity contribution in [3.8, 4) is 0 Å². The number of benzene rings is 1. The van der Waals surface area contributed by atoms with Crippen LogP contribution in [0.25, 0.3) is 0 Å². The number of nitrogens with one attached hydrogen (secondary N) is 1. The number of aromatic nitrogens is 1. The lowest BCUT2D eigenvalue weighted by atomic mass is 9.95. The Morgan fingerprint density at radius 2 is 2.00 bits per heavy atom. The van der Waals surface area contributed by atoms with Crippen LogP contribution in [0.5, 0.6) is 0 Å². The first-order chi connectivity index (χ1) is 10.8. The van der Waals surface area contributed by atoms with Gasteiger partial charge in [0.1, 0.15) is 5.82 Å². The van der Waals surface area contributed by atoms with Gasteiger partial charge in [-0.15, -0.1) is 0 Å². The first-order valence-electron chi connectivity index (χ1n) is 7.79. The zero-order chi connectivity index (χ0) is 15.4. The molecule has 114 valence electrons.